The monoisotopic (exact) mass is 347 g/mol. The molecule has 0 saturated carbocycles. The van der Waals surface area contributed by atoms with Crippen LogP contribution in [0.25, 0.3) is 11.1 Å². The molecule has 3 heterocycles. The Kier molecular flexibility index (Phi) is 3.26. The van der Waals surface area contributed by atoms with E-state index in [0.717, 1.165) is 46.4 Å². The molecule has 132 valence electrons. The van der Waals surface area contributed by atoms with E-state index >= 15 is 0 Å². The molecule has 26 heavy (non-hydrogen) atoms. The summed E-state index contributed by atoms with van der Waals surface area (Å²) in [7, 11) is 0. The SMILES string of the molecule is Cc1cc(-c2c(C)noc2C)c2c3c1NCN3C(c1ccccc1)CO2. The van der Waals surface area contributed by atoms with E-state index < -0.39 is 0 Å². The van der Waals surface area contributed by atoms with E-state index in [-0.39, 0.29) is 6.04 Å². The van der Waals surface area contributed by atoms with E-state index in [2.05, 4.69) is 58.7 Å². The van der Waals surface area contributed by atoms with Crippen molar-refractivity contribution >= 4 is 11.4 Å². The van der Waals surface area contributed by atoms with Gasteiger partial charge in [-0.05, 0) is 38.0 Å². The molecule has 0 saturated heterocycles. The van der Waals surface area contributed by atoms with Gasteiger partial charge in [0.05, 0.1) is 29.7 Å². The summed E-state index contributed by atoms with van der Waals surface area (Å²) in [4.78, 5) is 2.41. The number of anilines is 2. The topological polar surface area (TPSA) is 50.5 Å². The highest BCUT2D eigenvalue weighted by Gasteiger charge is 2.37. The lowest BCUT2D eigenvalue weighted by Gasteiger charge is -2.36. The lowest BCUT2D eigenvalue weighted by atomic mass is 9.96. The summed E-state index contributed by atoms with van der Waals surface area (Å²) >= 11 is 0. The smallest absolute Gasteiger partial charge is 0.152 e. The second-order valence-electron chi connectivity index (χ2n) is 7.04. The lowest BCUT2D eigenvalue weighted by Crippen LogP contribution is -2.35. The van der Waals surface area contributed by atoms with E-state index in [1.165, 1.54) is 11.1 Å². The number of benzene rings is 2. The first-order valence-corrected chi connectivity index (χ1v) is 8.94. The number of nitrogens with one attached hydrogen (secondary N) is 1. The highest BCUT2D eigenvalue weighted by molar-refractivity contribution is 5.93. The zero-order chi connectivity index (χ0) is 17.8. The van der Waals surface area contributed by atoms with E-state index in [9.17, 15) is 0 Å². The van der Waals surface area contributed by atoms with Gasteiger partial charge in [0.15, 0.2) is 5.75 Å². The Hall–Kier alpha value is -2.95. The largest absolute Gasteiger partial charge is 0.488 e. The number of rotatable bonds is 2. The molecule has 0 fully saturated rings. The van der Waals surface area contributed by atoms with Crippen LogP contribution in [-0.2, 0) is 0 Å². The van der Waals surface area contributed by atoms with Gasteiger partial charge in [0.25, 0.3) is 0 Å². The zero-order valence-corrected chi connectivity index (χ0v) is 15.2. The Balaban J connectivity index is 1.70. The predicted molar refractivity (Wildman–Crippen MR) is 102 cm³/mol. The molecule has 5 nitrogen and oxygen atoms in total. The van der Waals surface area contributed by atoms with Crippen molar-refractivity contribution in [3.05, 3.63) is 59.0 Å². The Morgan fingerprint density at radius 3 is 2.69 bits per heavy atom. The molecule has 2 aliphatic rings. The van der Waals surface area contributed by atoms with Gasteiger partial charge in [0, 0.05) is 5.56 Å². The van der Waals surface area contributed by atoms with Crippen molar-refractivity contribution in [3.8, 4) is 16.9 Å². The molecule has 2 aromatic carbocycles. The van der Waals surface area contributed by atoms with E-state index in [1.807, 2.05) is 13.8 Å². The summed E-state index contributed by atoms with van der Waals surface area (Å²) in [5.74, 6) is 1.75. The summed E-state index contributed by atoms with van der Waals surface area (Å²) in [5.41, 5.74) is 7.79. The molecule has 1 aromatic heterocycles. The zero-order valence-electron chi connectivity index (χ0n) is 15.2. The summed E-state index contributed by atoms with van der Waals surface area (Å²) in [6.07, 6.45) is 0. The molecular weight excluding hydrogens is 326 g/mol. The van der Waals surface area contributed by atoms with Crippen LogP contribution in [0.2, 0.25) is 0 Å². The standard InChI is InChI=1S/C21H21N3O2/c1-12-9-16(18-13(2)23-26-14(18)3)21-20-19(12)22-11-24(20)17(10-25-21)15-7-5-4-6-8-15/h4-9,17,22H,10-11H2,1-3H3. The van der Waals surface area contributed by atoms with Gasteiger partial charge in [-0.15, -0.1) is 0 Å². The third-order valence-corrected chi connectivity index (χ3v) is 5.41. The predicted octanol–water partition coefficient (Wildman–Crippen LogP) is 4.59. The van der Waals surface area contributed by atoms with Crippen molar-refractivity contribution in [2.24, 2.45) is 0 Å². The van der Waals surface area contributed by atoms with E-state index in [0.29, 0.717) is 6.61 Å². The minimum atomic E-state index is 0.205. The van der Waals surface area contributed by atoms with Crippen molar-refractivity contribution in [1.82, 2.24) is 5.16 Å². The third kappa shape index (κ3) is 2.06. The molecule has 5 heteroatoms. The first-order valence-electron chi connectivity index (χ1n) is 8.94. The van der Waals surface area contributed by atoms with Gasteiger partial charge in [0.1, 0.15) is 18.1 Å². The van der Waals surface area contributed by atoms with Crippen LogP contribution in [0, 0.1) is 20.8 Å². The minimum absolute atomic E-state index is 0.205. The molecule has 1 N–H and O–H groups in total. The molecule has 1 unspecified atom stereocenters. The third-order valence-electron chi connectivity index (χ3n) is 5.41. The maximum absolute atomic E-state index is 6.35. The molecule has 2 aliphatic heterocycles. The second kappa shape index (κ2) is 5.53. The van der Waals surface area contributed by atoms with Crippen molar-refractivity contribution < 1.29 is 9.26 Å². The average molecular weight is 347 g/mol. The van der Waals surface area contributed by atoms with Gasteiger partial charge in [-0.1, -0.05) is 35.5 Å². The van der Waals surface area contributed by atoms with Crippen LogP contribution in [0.3, 0.4) is 0 Å². The van der Waals surface area contributed by atoms with Crippen molar-refractivity contribution in [2.75, 3.05) is 23.5 Å². The number of ether oxygens (including phenoxy) is 1. The number of hydrogen-bond donors (Lipinski definition) is 1. The molecule has 0 aliphatic carbocycles. The molecule has 0 bridgehead atoms. The van der Waals surface area contributed by atoms with Crippen LogP contribution in [0.4, 0.5) is 11.4 Å². The van der Waals surface area contributed by atoms with Crippen molar-refractivity contribution in [2.45, 2.75) is 26.8 Å². The summed E-state index contributed by atoms with van der Waals surface area (Å²) < 4.78 is 11.8. The fourth-order valence-electron chi connectivity index (χ4n) is 4.19. The molecule has 1 atom stereocenters. The van der Waals surface area contributed by atoms with Gasteiger partial charge in [-0.3, -0.25) is 0 Å². The maximum atomic E-state index is 6.35. The Morgan fingerprint density at radius 2 is 1.96 bits per heavy atom. The van der Waals surface area contributed by atoms with Gasteiger partial charge >= 0.3 is 0 Å². The van der Waals surface area contributed by atoms with Crippen LogP contribution in [-0.4, -0.2) is 18.4 Å². The first kappa shape index (κ1) is 15.3. The van der Waals surface area contributed by atoms with Gasteiger partial charge in [0.2, 0.25) is 0 Å². The first-order chi connectivity index (χ1) is 12.6. The fraction of sp³-hybridized carbons (Fsp3) is 0.286. The summed E-state index contributed by atoms with van der Waals surface area (Å²) in [5, 5.41) is 7.69. The van der Waals surface area contributed by atoms with Crippen molar-refractivity contribution in [3.63, 3.8) is 0 Å². The van der Waals surface area contributed by atoms with Crippen LogP contribution < -0.4 is 15.0 Å². The number of nitrogens with zero attached hydrogens (tertiary/aromatic N) is 2. The highest BCUT2D eigenvalue weighted by Crippen LogP contribution is 2.53. The van der Waals surface area contributed by atoms with Gasteiger partial charge in [-0.2, -0.15) is 0 Å². The maximum Gasteiger partial charge on any atom is 0.152 e. The molecular formula is C21H21N3O2. The number of hydrogen-bond acceptors (Lipinski definition) is 5. The summed E-state index contributed by atoms with van der Waals surface area (Å²) in [6.45, 7) is 7.48. The normalized spacial score (nSPS) is 17.7. The highest BCUT2D eigenvalue weighted by atomic mass is 16.5. The van der Waals surface area contributed by atoms with Crippen molar-refractivity contribution in [1.29, 1.82) is 0 Å². The fourth-order valence-corrected chi connectivity index (χ4v) is 4.19. The number of aryl methyl sites for hydroxylation is 3. The summed E-state index contributed by atoms with van der Waals surface area (Å²) in [6, 6.07) is 12.9. The van der Waals surface area contributed by atoms with Crippen LogP contribution in [0.15, 0.2) is 40.9 Å². The minimum Gasteiger partial charge on any atom is -0.488 e. The van der Waals surface area contributed by atoms with E-state index in [1.54, 1.807) is 0 Å². The molecule has 0 amide bonds. The van der Waals surface area contributed by atoms with Gasteiger partial charge < -0.3 is 19.5 Å². The Morgan fingerprint density at radius 1 is 1.15 bits per heavy atom. The van der Waals surface area contributed by atoms with Crippen LogP contribution in [0.1, 0.15) is 28.6 Å². The van der Waals surface area contributed by atoms with Gasteiger partial charge in [-0.25, -0.2) is 0 Å². The van der Waals surface area contributed by atoms with Crippen LogP contribution in [0.5, 0.6) is 5.75 Å². The average Bonchev–Trinajstić information content (AvgIpc) is 3.24. The molecule has 5 rings (SSSR count). The lowest BCUT2D eigenvalue weighted by molar-refractivity contribution is 0.269. The second-order valence-corrected chi connectivity index (χ2v) is 7.04. The quantitative estimate of drug-likeness (QED) is 0.735. The Bertz CT molecular complexity index is 975. The van der Waals surface area contributed by atoms with E-state index in [4.69, 9.17) is 9.26 Å². The molecule has 0 spiro atoms. The Labute approximate surface area is 152 Å². The molecule has 3 aromatic rings. The number of aromatic nitrogens is 1. The van der Waals surface area contributed by atoms with Crippen LogP contribution >= 0.6 is 0 Å². The molecule has 0 radical (unpaired) electrons.